The van der Waals surface area contributed by atoms with Gasteiger partial charge in [0.25, 0.3) is 0 Å². The van der Waals surface area contributed by atoms with Crippen molar-refractivity contribution < 1.29 is 9.63 Å². The Morgan fingerprint density at radius 2 is 1.42 bits per heavy atom. The standard InChI is InChI=1S/C20H15N3O3/c24-19-17-13-7-8-14-18(17)22(16-11-5-2-6-12-16)23(19)26-20(25)21-15-9-3-1-4-10-15/h1-14H,(H,21,25). The van der Waals surface area contributed by atoms with Crippen molar-refractivity contribution in [2.75, 3.05) is 5.32 Å². The van der Waals surface area contributed by atoms with Crippen molar-refractivity contribution in [2.45, 2.75) is 0 Å². The van der Waals surface area contributed by atoms with Gasteiger partial charge in [-0.25, -0.2) is 9.48 Å². The van der Waals surface area contributed by atoms with Gasteiger partial charge in [0.15, 0.2) is 0 Å². The number of rotatable bonds is 3. The van der Waals surface area contributed by atoms with E-state index in [1.807, 2.05) is 42.5 Å². The van der Waals surface area contributed by atoms with E-state index in [0.29, 0.717) is 22.3 Å². The van der Waals surface area contributed by atoms with E-state index in [9.17, 15) is 9.59 Å². The second-order valence-corrected chi connectivity index (χ2v) is 5.61. The van der Waals surface area contributed by atoms with Crippen molar-refractivity contribution in [3.63, 3.8) is 0 Å². The highest BCUT2D eigenvalue weighted by atomic mass is 16.7. The summed E-state index contributed by atoms with van der Waals surface area (Å²) in [7, 11) is 0. The Balaban J connectivity index is 1.78. The predicted octanol–water partition coefficient (Wildman–Crippen LogP) is 3.45. The first kappa shape index (κ1) is 15.7. The molecule has 1 N–H and O–H groups in total. The topological polar surface area (TPSA) is 65.3 Å². The number of carbonyl (C=O) groups is 1. The highest BCUT2D eigenvalue weighted by Crippen LogP contribution is 2.16. The van der Waals surface area contributed by atoms with Crippen molar-refractivity contribution in [1.82, 2.24) is 9.53 Å². The smallest absolute Gasteiger partial charge is 0.296 e. The lowest BCUT2D eigenvalue weighted by molar-refractivity contribution is 0.115. The number of anilines is 1. The fraction of sp³-hybridized carbons (Fsp3) is 0. The van der Waals surface area contributed by atoms with E-state index < -0.39 is 11.7 Å². The summed E-state index contributed by atoms with van der Waals surface area (Å²) in [5.41, 5.74) is 1.52. The van der Waals surface area contributed by atoms with Crippen LogP contribution in [-0.2, 0) is 0 Å². The van der Waals surface area contributed by atoms with Gasteiger partial charge < -0.3 is 0 Å². The molecule has 128 valence electrons. The molecule has 0 atom stereocenters. The maximum Gasteiger partial charge on any atom is 0.437 e. The molecule has 0 aliphatic carbocycles. The van der Waals surface area contributed by atoms with E-state index >= 15 is 0 Å². The van der Waals surface area contributed by atoms with Crippen LogP contribution in [0, 0.1) is 0 Å². The number of hydrogen-bond donors (Lipinski definition) is 1. The zero-order valence-corrected chi connectivity index (χ0v) is 13.7. The molecule has 6 nitrogen and oxygen atoms in total. The second kappa shape index (κ2) is 6.60. The minimum atomic E-state index is -0.752. The van der Waals surface area contributed by atoms with Crippen LogP contribution < -0.4 is 15.7 Å². The SMILES string of the molecule is O=C(Nc1ccccc1)On1c(=O)c2ccccc2n1-c1ccccc1. The monoisotopic (exact) mass is 345 g/mol. The molecule has 0 radical (unpaired) electrons. The lowest BCUT2D eigenvalue weighted by atomic mass is 10.2. The summed E-state index contributed by atoms with van der Waals surface area (Å²) in [6, 6.07) is 25.2. The normalized spacial score (nSPS) is 10.6. The highest BCUT2D eigenvalue weighted by molar-refractivity contribution is 5.85. The number of hydrogen-bond acceptors (Lipinski definition) is 3. The molecule has 26 heavy (non-hydrogen) atoms. The zero-order valence-electron chi connectivity index (χ0n) is 13.7. The van der Waals surface area contributed by atoms with Gasteiger partial charge in [0.1, 0.15) is 0 Å². The Morgan fingerprint density at radius 1 is 0.808 bits per heavy atom. The molecular weight excluding hydrogens is 330 g/mol. The molecule has 1 amide bonds. The van der Waals surface area contributed by atoms with Gasteiger partial charge in [-0.3, -0.25) is 14.9 Å². The molecule has 6 heteroatoms. The van der Waals surface area contributed by atoms with E-state index in [1.54, 1.807) is 47.1 Å². The summed E-state index contributed by atoms with van der Waals surface area (Å²) >= 11 is 0. The van der Waals surface area contributed by atoms with Crippen LogP contribution >= 0.6 is 0 Å². The Hall–Kier alpha value is -3.80. The molecule has 1 heterocycles. The van der Waals surface area contributed by atoms with E-state index in [1.165, 1.54) is 0 Å². The van der Waals surface area contributed by atoms with Crippen molar-refractivity contribution in [3.8, 4) is 5.69 Å². The number of nitrogens with one attached hydrogen (secondary N) is 1. The minimum Gasteiger partial charge on any atom is -0.296 e. The summed E-state index contributed by atoms with van der Waals surface area (Å²) < 4.78 is 1.57. The van der Waals surface area contributed by atoms with E-state index in [2.05, 4.69) is 5.32 Å². The van der Waals surface area contributed by atoms with Crippen molar-refractivity contribution in [1.29, 1.82) is 0 Å². The first-order valence-corrected chi connectivity index (χ1v) is 8.06. The molecule has 0 spiro atoms. The lowest BCUT2D eigenvalue weighted by Crippen LogP contribution is -2.35. The van der Waals surface area contributed by atoms with Crippen LogP contribution in [-0.4, -0.2) is 15.6 Å². The fourth-order valence-electron chi connectivity index (χ4n) is 2.77. The molecule has 0 aliphatic heterocycles. The molecule has 3 aromatic carbocycles. The van der Waals surface area contributed by atoms with Gasteiger partial charge in [-0.2, -0.15) is 0 Å². The Morgan fingerprint density at radius 3 is 2.15 bits per heavy atom. The van der Waals surface area contributed by atoms with Gasteiger partial charge in [0, 0.05) is 5.69 Å². The summed E-state index contributed by atoms with van der Waals surface area (Å²) in [6.07, 6.45) is -0.752. The van der Waals surface area contributed by atoms with Gasteiger partial charge in [0.2, 0.25) is 0 Å². The number of fused-ring (bicyclic) bond motifs is 1. The molecule has 0 unspecified atom stereocenters. The summed E-state index contributed by atoms with van der Waals surface area (Å²) in [4.78, 5) is 31.3. The molecule has 0 fully saturated rings. The number of nitrogens with zero attached hydrogens (tertiary/aromatic N) is 2. The third-order valence-electron chi connectivity index (χ3n) is 3.91. The second-order valence-electron chi connectivity index (χ2n) is 5.61. The Labute approximate surface area is 148 Å². The average Bonchev–Trinajstić information content (AvgIpc) is 2.95. The first-order valence-electron chi connectivity index (χ1n) is 8.06. The van der Waals surface area contributed by atoms with Crippen LogP contribution in [0.1, 0.15) is 0 Å². The van der Waals surface area contributed by atoms with Crippen molar-refractivity contribution in [2.24, 2.45) is 0 Å². The number of para-hydroxylation sites is 3. The van der Waals surface area contributed by atoms with E-state index in [4.69, 9.17) is 4.84 Å². The first-order chi connectivity index (χ1) is 12.7. The highest BCUT2D eigenvalue weighted by Gasteiger charge is 2.18. The van der Waals surface area contributed by atoms with Crippen LogP contribution in [0.15, 0.2) is 89.7 Å². The predicted molar refractivity (Wildman–Crippen MR) is 99.6 cm³/mol. The van der Waals surface area contributed by atoms with Crippen LogP contribution in [0.3, 0.4) is 0 Å². The molecular formula is C20H15N3O3. The lowest BCUT2D eigenvalue weighted by Gasteiger charge is -2.12. The summed E-state index contributed by atoms with van der Waals surface area (Å²) in [6.45, 7) is 0. The number of aromatic nitrogens is 2. The maximum atomic E-state index is 12.7. The number of benzene rings is 3. The van der Waals surface area contributed by atoms with Crippen molar-refractivity contribution in [3.05, 3.63) is 95.3 Å². The third kappa shape index (κ3) is 2.84. The third-order valence-corrected chi connectivity index (χ3v) is 3.91. The largest absolute Gasteiger partial charge is 0.437 e. The zero-order chi connectivity index (χ0) is 17.9. The van der Waals surface area contributed by atoms with Crippen LogP contribution in [0.4, 0.5) is 10.5 Å². The molecule has 0 saturated heterocycles. The van der Waals surface area contributed by atoms with Crippen LogP contribution in [0.2, 0.25) is 0 Å². The quantitative estimate of drug-likeness (QED) is 0.618. The van der Waals surface area contributed by atoms with Crippen LogP contribution in [0.5, 0.6) is 0 Å². The fourth-order valence-corrected chi connectivity index (χ4v) is 2.77. The van der Waals surface area contributed by atoms with Gasteiger partial charge in [-0.05, 0) is 36.4 Å². The molecule has 0 saturated carbocycles. The summed E-state index contributed by atoms with van der Waals surface area (Å²) in [5.74, 6) is 0. The number of carbonyl (C=O) groups excluding carboxylic acids is 1. The molecule has 0 aliphatic rings. The molecule has 4 aromatic rings. The van der Waals surface area contributed by atoms with E-state index in [-0.39, 0.29) is 0 Å². The van der Waals surface area contributed by atoms with Gasteiger partial charge in [0.05, 0.1) is 16.6 Å². The number of amides is 1. The van der Waals surface area contributed by atoms with Crippen LogP contribution in [0.25, 0.3) is 16.6 Å². The van der Waals surface area contributed by atoms with Gasteiger partial charge >= 0.3 is 11.7 Å². The molecule has 0 bridgehead atoms. The maximum absolute atomic E-state index is 12.7. The van der Waals surface area contributed by atoms with E-state index in [0.717, 1.165) is 4.85 Å². The molecule has 1 aromatic heterocycles. The van der Waals surface area contributed by atoms with Gasteiger partial charge in [-0.1, -0.05) is 53.4 Å². The average molecular weight is 345 g/mol. The van der Waals surface area contributed by atoms with Crippen molar-refractivity contribution >= 4 is 22.7 Å². The molecule has 4 rings (SSSR count). The summed E-state index contributed by atoms with van der Waals surface area (Å²) in [5, 5.41) is 3.07. The van der Waals surface area contributed by atoms with Gasteiger partial charge in [-0.15, -0.1) is 0 Å². The Bertz CT molecular complexity index is 1120. The Kier molecular flexibility index (Phi) is 3.99. The minimum absolute atomic E-state index is 0.410.